The molecule has 5 rings (SSSR count). The summed E-state index contributed by atoms with van der Waals surface area (Å²) in [4.78, 5) is 32.6. The monoisotopic (exact) mass is 447 g/mol. The van der Waals surface area contributed by atoms with Crippen LogP contribution in [0.1, 0.15) is 22.5 Å². The van der Waals surface area contributed by atoms with Gasteiger partial charge < -0.3 is 4.98 Å². The zero-order chi connectivity index (χ0) is 23.2. The third-order valence-corrected chi connectivity index (χ3v) is 5.66. The van der Waals surface area contributed by atoms with Gasteiger partial charge in [0.05, 0.1) is 22.6 Å². The lowest BCUT2D eigenvalue weighted by atomic mass is 9.87. The molecule has 6 nitrogen and oxygen atoms in total. The van der Waals surface area contributed by atoms with Crippen molar-refractivity contribution >= 4 is 17.1 Å². The van der Waals surface area contributed by atoms with Crippen molar-refractivity contribution in [2.24, 2.45) is 4.99 Å². The van der Waals surface area contributed by atoms with E-state index in [1.807, 2.05) is 13.0 Å². The third kappa shape index (κ3) is 3.42. The summed E-state index contributed by atoms with van der Waals surface area (Å²) in [7, 11) is 0. The predicted molar refractivity (Wildman–Crippen MR) is 118 cm³/mol. The van der Waals surface area contributed by atoms with E-state index in [0.29, 0.717) is 33.5 Å². The molecule has 9 heteroatoms. The van der Waals surface area contributed by atoms with Crippen LogP contribution in [0.15, 0.2) is 77.1 Å². The van der Waals surface area contributed by atoms with E-state index in [2.05, 4.69) is 24.9 Å². The molecule has 1 atom stereocenters. The lowest BCUT2D eigenvalue weighted by molar-refractivity contribution is -0.137. The second kappa shape index (κ2) is 7.47. The highest BCUT2D eigenvalue weighted by molar-refractivity contribution is 5.84. The second-order valence-corrected chi connectivity index (χ2v) is 7.63. The van der Waals surface area contributed by atoms with Gasteiger partial charge in [-0.25, -0.2) is 9.97 Å². The minimum atomic E-state index is -4.48. The van der Waals surface area contributed by atoms with E-state index in [9.17, 15) is 18.0 Å². The molecule has 0 spiro atoms. The summed E-state index contributed by atoms with van der Waals surface area (Å²) in [6, 6.07) is 9.12. The maximum atomic E-state index is 13.0. The summed E-state index contributed by atoms with van der Waals surface area (Å²) in [5.74, 6) is 0. The molecule has 1 aliphatic heterocycles. The summed E-state index contributed by atoms with van der Waals surface area (Å²) in [5, 5.41) is 0.557. The average Bonchev–Trinajstić information content (AvgIpc) is 3.30. The van der Waals surface area contributed by atoms with Gasteiger partial charge in [0.15, 0.2) is 11.0 Å². The summed E-state index contributed by atoms with van der Waals surface area (Å²) in [5.41, 5.74) is 1.46. The van der Waals surface area contributed by atoms with Crippen molar-refractivity contribution in [1.29, 1.82) is 0 Å². The van der Waals surface area contributed by atoms with Gasteiger partial charge in [-0.1, -0.05) is 6.07 Å². The van der Waals surface area contributed by atoms with Crippen LogP contribution in [0.4, 0.5) is 13.2 Å². The van der Waals surface area contributed by atoms with Crippen molar-refractivity contribution in [1.82, 2.24) is 19.9 Å². The van der Waals surface area contributed by atoms with Gasteiger partial charge in [-0.05, 0) is 43.3 Å². The Morgan fingerprint density at radius 2 is 1.88 bits per heavy atom. The first-order valence-corrected chi connectivity index (χ1v) is 10.0. The van der Waals surface area contributed by atoms with E-state index in [-0.39, 0.29) is 5.43 Å². The quantitative estimate of drug-likeness (QED) is 0.498. The van der Waals surface area contributed by atoms with Crippen LogP contribution < -0.4 is 5.43 Å². The average molecular weight is 447 g/mol. The Hall–Kier alpha value is -4.14. The predicted octanol–water partition coefficient (Wildman–Crippen LogP) is 4.59. The molecular weight excluding hydrogens is 431 g/mol. The Kier molecular flexibility index (Phi) is 4.70. The van der Waals surface area contributed by atoms with Crippen LogP contribution in [0, 0.1) is 6.92 Å². The highest BCUT2D eigenvalue weighted by Gasteiger charge is 2.39. The van der Waals surface area contributed by atoms with Crippen molar-refractivity contribution in [3.8, 4) is 11.3 Å². The molecule has 4 heterocycles. The topological polar surface area (TPSA) is 83.9 Å². The number of allylic oxidation sites excluding steroid dienone is 1. The number of hydrogen-bond acceptors (Lipinski definition) is 5. The number of alkyl halides is 3. The van der Waals surface area contributed by atoms with Crippen molar-refractivity contribution in [3.63, 3.8) is 0 Å². The molecule has 1 N–H and O–H groups in total. The lowest BCUT2D eigenvalue weighted by Gasteiger charge is -2.26. The number of rotatable bonds is 3. The van der Waals surface area contributed by atoms with Gasteiger partial charge >= 0.3 is 6.18 Å². The summed E-state index contributed by atoms with van der Waals surface area (Å²) in [6.07, 6.45) is 4.32. The SMILES string of the molecule is Cc1c(-c2ccc3c(=O)cc[nH]c3c2)ncnc1C1(c2ccc(C(F)(F)F)cn2)C=CC=N1. The number of benzene rings is 1. The highest BCUT2D eigenvalue weighted by atomic mass is 19.4. The molecule has 0 fully saturated rings. The van der Waals surface area contributed by atoms with Crippen molar-refractivity contribution < 1.29 is 13.2 Å². The zero-order valence-corrected chi connectivity index (χ0v) is 17.3. The molecule has 164 valence electrons. The van der Waals surface area contributed by atoms with E-state index in [1.165, 1.54) is 18.5 Å². The number of halogens is 3. The molecule has 1 unspecified atom stereocenters. The van der Waals surface area contributed by atoms with Crippen molar-refractivity contribution in [3.05, 3.63) is 100 Å². The Morgan fingerprint density at radius 3 is 2.58 bits per heavy atom. The van der Waals surface area contributed by atoms with Crippen LogP contribution in [0.5, 0.6) is 0 Å². The highest BCUT2D eigenvalue weighted by Crippen LogP contribution is 2.40. The number of aromatic amines is 1. The van der Waals surface area contributed by atoms with Crippen molar-refractivity contribution in [2.45, 2.75) is 18.6 Å². The Morgan fingerprint density at radius 1 is 1.03 bits per heavy atom. The van der Waals surface area contributed by atoms with E-state index >= 15 is 0 Å². The third-order valence-electron chi connectivity index (χ3n) is 5.66. The van der Waals surface area contributed by atoms with Gasteiger partial charge in [-0.2, -0.15) is 13.2 Å². The first kappa shape index (κ1) is 20.7. The number of H-pyrrole nitrogens is 1. The van der Waals surface area contributed by atoms with Crippen LogP contribution in [-0.2, 0) is 11.7 Å². The summed E-state index contributed by atoms with van der Waals surface area (Å²) in [6.45, 7) is 1.83. The minimum Gasteiger partial charge on any atom is -0.361 e. The fourth-order valence-corrected chi connectivity index (χ4v) is 4.03. The standard InChI is InChI=1S/C24H16F3N5O/c1-14-21(15-3-5-17-18(11-15)28-10-7-19(17)33)30-13-31-22(14)23(8-2-9-32-23)20-6-4-16(12-29-20)24(25,26)27/h2-13H,1H3,(H,28,33). The van der Waals surface area contributed by atoms with Gasteiger partial charge in [0, 0.05) is 46.7 Å². The number of aliphatic imine (C=N–C) groups is 1. The van der Waals surface area contributed by atoms with Crippen LogP contribution in [-0.4, -0.2) is 26.2 Å². The fourth-order valence-electron chi connectivity index (χ4n) is 4.03. The smallest absolute Gasteiger partial charge is 0.361 e. The molecule has 33 heavy (non-hydrogen) atoms. The molecule has 1 aromatic carbocycles. The van der Waals surface area contributed by atoms with Gasteiger partial charge in [-0.15, -0.1) is 0 Å². The number of hydrogen-bond donors (Lipinski definition) is 1. The first-order chi connectivity index (χ1) is 15.8. The summed E-state index contributed by atoms with van der Waals surface area (Å²) >= 11 is 0. The number of pyridine rings is 2. The first-order valence-electron chi connectivity index (χ1n) is 10.0. The van der Waals surface area contributed by atoms with Crippen LogP contribution in [0.3, 0.4) is 0 Å². The molecule has 0 bridgehead atoms. The van der Waals surface area contributed by atoms with E-state index < -0.39 is 17.3 Å². The molecule has 0 saturated carbocycles. The van der Waals surface area contributed by atoms with Gasteiger partial charge in [0.1, 0.15) is 6.33 Å². The minimum absolute atomic E-state index is 0.0897. The van der Waals surface area contributed by atoms with E-state index in [0.717, 1.165) is 17.8 Å². The van der Waals surface area contributed by atoms with Crippen LogP contribution >= 0.6 is 0 Å². The maximum absolute atomic E-state index is 13.0. The Bertz CT molecular complexity index is 1470. The van der Waals surface area contributed by atoms with Gasteiger partial charge in [0.25, 0.3) is 0 Å². The van der Waals surface area contributed by atoms with Crippen molar-refractivity contribution in [2.75, 3.05) is 0 Å². The summed E-state index contributed by atoms with van der Waals surface area (Å²) < 4.78 is 39.1. The lowest BCUT2D eigenvalue weighted by Crippen LogP contribution is -2.26. The zero-order valence-electron chi connectivity index (χ0n) is 17.3. The molecule has 0 radical (unpaired) electrons. The molecule has 0 amide bonds. The molecule has 3 aromatic heterocycles. The molecule has 1 aliphatic rings. The molecular formula is C24H16F3N5O. The number of fused-ring (bicyclic) bond motifs is 1. The number of aromatic nitrogens is 4. The number of nitrogens with zero attached hydrogens (tertiary/aromatic N) is 4. The fraction of sp³-hybridized carbons (Fsp3) is 0.125. The normalized spacial score (nSPS) is 17.7. The van der Waals surface area contributed by atoms with Gasteiger partial charge in [0.2, 0.25) is 0 Å². The second-order valence-electron chi connectivity index (χ2n) is 7.63. The van der Waals surface area contributed by atoms with Crippen LogP contribution in [0.2, 0.25) is 0 Å². The Labute approximate surface area is 185 Å². The van der Waals surface area contributed by atoms with Gasteiger partial charge in [-0.3, -0.25) is 14.8 Å². The maximum Gasteiger partial charge on any atom is 0.417 e. The molecule has 4 aromatic rings. The molecule has 0 aliphatic carbocycles. The number of nitrogens with one attached hydrogen (secondary N) is 1. The van der Waals surface area contributed by atoms with E-state index in [1.54, 1.807) is 36.7 Å². The Balaban J connectivity index is 1.65. The van der Waals surface area contributed by atoms with E-state index in [4.69, 9.17) is 0 Å². The largest absolute Gasteiger partial charge is 0.417 e. The van der Waals surface area contributed by atoms with Crippen LogP contribution in [0.25, 0.3) is 22.2 Å². The molecule has 0 saturated heterocycles.